The lowest BCUT2D eigenvalue weighted by atomic mass is 9.97. The Balaban J connectivity index is 1.38. The van der Waals surface area contributed by atoms with Gasteiger partial charge in [0.15, 0.2) is 5.13 Å². The maximum atomic E-state index is 4.85. The molecule has 0 N–H and O–H groups in total. The van der Waals surface area contributed by atoms with Gasteiger partial charge in [0.1, 0.15) is 5.82 Å². The van der Waals surface area contributed by atoms with Crippen LogP contribution < -0.4 is 4.90 Å². The molecule has 0 aliphatic carbocycles. The van der Waals surface area contributed by atoms with E-state index >= 15 is 0 Å². The van der Waals surface area contributed by atoms with E-state index in [1.807, 2.05) is 24.7 Å². The van der Waals surface area contributed by atoms with Gasteiger partial charge in [-0.15, -0.1) is 0 Å². The Bertz CT molecular complexity index is 1010. The summed E-state index contributed by atoms with van der Waals surface area (Å²) in [5.41, 5.74) is 2.30. The molecule has 0 saturated carbocycles. The van der Waals surface area contributed by atoms with Crippen LogP contribution in [-0.4, -0.2) is 32.6 Å². The molecule has 1 aromatic carbocycles. The summed E-state index contributed by atoms with van der Waals surface area (Å²) in [6, 6.07) is 12.5. The minimum Gasteiger partial charge on any atom is -0.347 e. The number of fused-ring (bicyclic) bond motifs is 1. The molecule has 3 aromatic heterocycles. The minimum atomic E-state index is 0.428. The first kappa shape index (κ1) is 16.4. The fourth-order valence-electron chi connectivity index (χ4n) is 3.86. The van der Waals surface area contributed by atoms with Crippen molar-refractivity contribution in [2.24, 2.45) is 0 Å². The van der Waals surface area contributed by atoms with Crippen LogP contribution in [0, 0.1) is 0 Å². The highest BCUT2D eigenvalue weighted by Gasteiger charge is 2.26. The number of imidazole rings is 1. The maximum absolute atomic E-state index is 4.85. The molecule has 4 aromatic rings. The molecule has 1 fully saturated rings. The van der Waals surface area contributed by atoms with Crippen molar-refractivity contribution in [2.45, 2.75) is 25.3 Å². The summed E-state index contributed by atoms with van der Waals surface area (Å²) in [7, 11) is 0. The van der Waals surface area contributed by atoms with Crippen LogP contribution in [0.1, 0.15) is 30.1 Å². The summed E-state index contributed by atoms with van der Waals surface area (Å²) in [5.74, 6) is 1.60. The van der Waals surface area contributed by atoms with E-state index in [4.69, 9.17) is 9.97 Å². The van der Waals surface area contributed by atoms with Gasteiger partial charge in [-0.05, 0) is 36.6 Å². The van der Waals surface area contributed by atoms with Crippen LogP contribution in [0.25, 0.3) is 10.2 Å². The first-order valence-corrected chi connectivity index (χ1v) is 10.2. The van der Waals surface area contributed by atoms with Gasteiger partial charge < -0.3 is 9.47 Å². The number of rotatable bonds is 4. The highest BCUT2D eigenvalue weighted by atomic mass is 32.1. The molecule has 136 valence electrons. The van der Waals surface area contributed by atoms with Gasteiger partial charge >= 0.3 is 0 Å². The Hall–Kier alpha value is -2.73. The van der Waals surface area contributed by atoms with Crippen LogP contribution in [0.5, 0.6) is 0 Å². The fraction of sp³-hybridized carbons (Fsp3) is 0.286. The molecule has 0 bridgehead atoms. The molecule has 4 heterocycles. The number of hydrogen-bond acceptors (Lipinski definition) is 5. The van der Waals surface area contributed by atoms with Crippen molar-refractivity contribution >= 4 is 26.7 Å². The van der Waals surface area contributed by atoms with Gasteiger partial charge in [-0.1, -0.05) is 29.5 Å². The molecule has 5 nitrogen and oxygen atoms in total. The molecule has 0 radical (unpaired) electrons. The molecular formula is C21H21N5S. The number of aromatic nitrogens is 4. The number of nitrogens with zero attached hydrogens (tertiary/aromatic N) is 5. The average Bonchev–Trinajstić information content (AvgIpc) is 3.36. The molecule has 0 spiro atoms. The molecule has 1 saturated heterocycles. The van der Waals surface area contributed by atoms with E-state index in [1.54, 1.807) is 11.3 Å². The van der Waals surface area contributed by atoms with E-state index in [-0.39, 0.29) is 0 Å². The Morgan fingerprint density at radius 1 is 1.11 bits per heavy atom. The monoisotopic (exact) mass is 375 g/mol. The topological polar surface area (TPSA) is 46.8 Å². The number of thiazole rings is 1. The second kappa shape index (κ2) is 7.12. The normalized spacial score (nSPS) is 17.5. The highest BCUT2D eigenvalue weighted by Crippen LogP contribution is 2.34. The zero-order chi connectivity index (χ0) is 18.1. The van der Waals surface area contributed by atoms with Crippen molar-refractivity contribution in [3.63, 3.8) is 0 Å². The van der Waals surface area contributed by atoms with Gasteiger partial charge in [0.25, 0.3) is 0 Å². The lowest BCUT2D eigenvalue weighted by Gasteiger charge is -2.32. The minimum absolute atomic E-state index is 0.428. The van der Waals surface area contributed by atoms with Crippen LogP contribution in [0.3, 0.4) is 0 Å². The van der Waals surface area contributed by atoms with Crippen molar-refractivity contribution in [1.82, 2.24) is 19.5 Å². The van der Waals surface area contributed by atoms with Crippen LogP contribution in [0.15, 0.2) is 61.2 Å². The van der Waals surface area contributed by atoms with Gasteiger partial charge in [0.05, 0.1) is 16.8 Å². The summed E-state index contributed by atoms with van der Waals surface area (Å²) in [4.78, 5) is 16.2. The van der Waals surface area contributed by atoms with Crippen LogP contribution in [0.2, 0.25) is 0 Å². The van der Waals surface area contributed by atoms with Crippen molar-refractivity contribution < 1.29 is 0 Å². The Morgan fingerprint density at radius 2 is 2.07 bits per heavy atom. The number of benzene rings is 1. The van der Waals surface area contributed by atoms with Gasteiger partial charge in [0.2, 0.25) is 0 Å². The van der Waals surface area contributed by atoms with Gasteiger partial charge in [-0.2, -0.15) is 0 Å². The summed E-state index contributed by atoms with van der Waals surface area (Å²) in [6.07, 6.45) is 10.1. The van der Waals surface area contributed by atoms with E-state index < -0.39 is 0 Å². The third-order valence-electron chi connectivity index (χ3n) is 5.16. The number of para-hydroxylation sites is 1. The van der Waals surface area contributed by atoms with Crippen molar-refractivity contribution in [1.29, 1.82) is 0 Å². The second-order valence-electron chi connectivity index (χ2n) is 7.02. The largest absolute Gasteiger partial charge is 0.347 e. The standard InChI is InChI=1S/C21H21N5S/c1-2-8-19-18(7-1)24-21(27-19)26-11-4-6-17(15-26)20-23-10-12-25(20)14-16-5-3-9-22-13-16/h1-3,5,7-10,12-13,17H,4,6,11,14-15H2/t17-/m1/s1. The Labute approximate surface area is 162 Å². The first-order chi connectivity index (χ1) is 13.4. The molecular weight excluding hydrogens is 354 g/mol. The van der Waals surface area contributed by atoms with Crippen LogP contribution in [0.4, 0.5) is 5.13 Å². The zero-order valence-corrected chi connectivity index (χ0v) is 15.8. The van der Waals surface area contributed by atoms with Gasteiger partial charge in [-0.25, -0.2) is 9.97 Å². The van der Waals surface area contributed by atoms with Crippen molar-refractivity contribution in [3.8, 4) is 0 Å². The van der Waals surface area contributed by atoms with E-state index in [2.05, 4.69) is 51.0 Å². The van der Waals surface area contributed by atoms with Gasteiger partial charge in [-0.3, -0.25) is 4.98 Å². The molecule has 27 heavy (non-hydrogen) atoms. The quantitative estimate of drug-likeness (QED) is 0.533. The molecule has 5 rings (SSSR count). The van der Waals surface area contributed by atoms with E-state index in [0.29, 0.717) is 5.92 Å². The number of piperidine rings is 1. The summed E-state index contributed by atoms with van der Waals surface area (Å²) >= 11 is 1.79. The number of pyridine rings is 1. The predicted octanol–water partition coefficient (Wildman–Crippen LogP) is 4.32. The van der Waals surface area contributed by atoms with Crippen molar-refractivity contribution in [2.75, 3.05) is 18.0 Å². The second-order valence-corrected chi connectivity index (χ2v) is 8.03. The highest BCUT2D eigenvalue weighted by molar-refractivity contribution is 7.22. The summed E-state index contributed by atoms with van der Waals surface area (Å²) in [5, 5.41) is 1.13. The number of hydrogen-bond donors (Lipinski definition) is 0. The molecule has 1 atom stereocenters. The fourth-order valence-corrected chi connectivity index (χ4v) is 4.86. The maximum Gasteiger partial charge on any atom is 0.186 e. The molecule has 6 heteroatoms. The van der Waals surface area contributed by atoms with E-state index in [1.165, 1.54) is 28.9 Å². The third kappa shape index (κ3) is 3.32. The van der Waals surface area contributed by atoms with Crippen molar-refractivity contribution in [3.05, 3.63) is 72.6 Å². The molecule has 0 unspecified atom stereocenters. The Kier molecular flexibility index (Phi) is 4.33. The number of anilines is 1. The molecule has 1 aliphatic rings. The first-order valence-electron chi connectivity index (χ1n) is 9.37. The lowest BCUT2D eigenvalue weighted by molar-refractivity contribution is 0.476. The van der Waals surface area contributed by atoms with Crippen LogP contribution >= 0.6 is 11.3 Å². The molecule has 1 aliphatic heterocycles. The Morgan fingerprint density at radius 3 is 2.96 bits per heavy atom. The smallest absolute Gasteiger partial charge is 0.186 e. The van der Waals surface area contributed by atoms with E-state index in [9.17, 15) is 0 Å². The zero-order valence-electron chi connectivity index (χ0n) is 15.0. The van der Waals surface area contributed by atoms with Gasteiger partial charge in [0, 0.05) is 43.8 Å². The lowest BCUT2D eigenvalue weighted by Crippen LogP contribution is -2.35. The predicted molar refractivity (Wildman–Crippen MR) is 109 cm³/mol. The summed E-state index contributed by atoms with van der Waals surface area (Å²) < 4.78 is 3.52. The van der Waals surface area contributed by atoms with E-state index in [0.717, 1.165) is 30.3 Å². The van der Waals surface area contributed by atoms with Crippen LogP contribution in [-0.2, 0) is 6.54 Å². The SMILES string of the molecule is c1cncc(Cn2ccnc2[C@@H]2CCCN(c3nc4ccccc4s3)C2)c1. The third-order valence-corrected chi connectivity index (χ3v) is 6.26. The summed E-state index contributed by atoms with van der Waals surface area (Å²) in [6.45, 7) is 2.87. The molecule has 0 amide bonds. The average molecular weight is 376 g/mol.